The van der Waals surface area contributed by atoms with E-state index in [1.54, 1.807) is 23.5 Å². The highest BCUT2D eigenvalue weighted by atomic mass is 32.2. The van der Waals surface area contributed by atoms with E-state index in [4.69, 9.17) is 4.74 Å². The molecule has 3 rings (SSSR count). The van der Waals surface area contributed by atoms with Crippen LogP contribution in [0.25, 0.3) is 0 Å². The van der Waals surface area contributed by atoms with Crippen LogP contribution in [0.2, 0.25) is 0 Å². The summed E-state index contributed by atoms with van der Waals surface area (Å²) in [5, 5.41) is 4.97. The predicted molar refractivity (Wildman–Crippen MR) is 111 cm³/mol. The van der Waals surface area contributed by atoms with E-state index >= 15 is 0 Å². The maximum atomic E-state index is 12.5. The monoisotopic (exact) mass is 415 g/mol. The molecule has 0 bridgehead atoms. The third kappa shape index (κ3) is 5.21. The van der Waals surface area contributed by atoms with Crippen molar-refractivity contribution >= 4 is 27.1 Å². The third-order valence-electron chi connectivity index (χ3n) is 4.15. The molecule has 1 N–H and O–H groups in total. The van der Waals surface area contributed by atoms with Gasteiger partial charge in [0, 0.05) is 11.1 Å². The lowest BCUT2D eigenvalue weighted by atomic mass is 10.0. The number of aryl methyl sites for hydroxylation is 1. The van der Waals surface area contributed by atoms with E-state index in [9.17, 15) is 13.2 Å². The van der Waals surface area contributed by atoms with Crippen LogP contribution in [0.1, 0.15) is 22.0 Å². The normalized spacial score (nSPS) is 12.4. The first kappa shape index (κ1) is 20.1. The van der Waals surface area contributed by atoms with Gasteiger partial charge in [0.15, 0.2) is 16.4 Å². The lowest BCUT2D eigenvalue weighted by Crippen LogP contribution is -2.32. The predicted octanol–water partition coefficient (Wildman–Crippen LogP) is 3.74. The molecule has 28 heavy (non-hydrogen) atoms. The summed E-state index contributed by atoms with van der Waals surface area (Å²) in [6.07, 6.45) is 1.13. The lowest BCUT2D eigenvalue weighted by molar-refractivity contribution is -0.123. The number of thiophene rings is 1. The van der Waals surface area contributed by atoms with Crippen molar-refractivity contribution in [2.24, 2.45) is 0 Å². The van der Waals surface area contributed by atoms with Crippen molar-refractivity contribution in [1.82, 2.24) is 5.32 Å². The summed E-state index contributed by atoms with van der Waals surface area (Å²) in [7, 11) is -3.33. The summed E-state index contributed by atoms with van der Waals surface area (Å²) in [4.78, 5) is 13.7. The minimum absolute atomic E-state index is 0.154. The maximum Gasteiger partial charge on any atom is 0.258 e. The second-order valence-electron chi connectivity index (χ2n) is 6.46. The molecule has 0 spiro atoms. The molecule has 2 aromatic carbocycles. The topological polar surface area (TPSA) is 72.5 Å². The summed E-state index contributed by atoms with van der Waals surface area (Å²) in [6.45, 7) is 1.81. The number of carbonyl (C=O) groups excluding carboxylic acids is 1. The van der Waals surface area contributed by atoms with Crippen LogP contribution >= 0.6 is 11.3 Å². The molecule has 1 aromatic heterocycles. The molecule has 3 aromatic rings. The zero-order valence-electron chi connectivity index (χ0n) is 15.6. The molecular weight excluding hydrogens is 394 g/mol. The Labute approximate surface area is 168 Å². The Hall–Kier alpha value is -2.64. The van der Waals surface area contributed by atoms with E-state index in [1.165, 1.54) is 12.1 Å². The van der Waals surface area contributed by atoms with Gasteiger partial charge in [-0.25, -0.2) is 8.42 Å². The van der Waals surface area contributed by atoms with Crippen LogP contribution in [0.15, 0.2) is 70.9 Å². The second kappa shape index (κ2) is 8.58. The Morgan fingerprint density at radius 2 is 1.86 bits per heavy atom. The van der Waals surface area contributed by atoms with Crippen molar-refractivity contribution in [3.8, 4) is 5.75 Å². The Balaban J connectivity index is 1.70. The Bertz CT molecular complexity index is 1040. The molecule has 0 fully saturated rings. The molecule has 1 heterocycles. The smallest absolute Gasteiger partial charge is 0.258 e. The van der Waals surface area contributed by atoms with Crippen molar-refractivity contribution in [1.29, 1.82) is 0 Å². The number of nitrogens with one attached hydrogen (secondary N) is 1. The summed E-state index contributed by atoms with van der Waals surface area (Å²) in [6, 6.07) is 17.8. The zero-order chi connectivity index (χ0) is 20.1. The average Bonchev–Trinajstić information content (AvgIpc) is 3.19. The molecule has 1 amide bonds. The minimum atomic E-state index is -3.33. The number of hydrogen-bond acceptors (Lipinski definition) is 5. The number of sulfone groups is 1. The van der Waals surface area contributed by atoms with E-state index in [0.29, 0.717) is 5.75 Å². The quantitative estimate of drug-likeness (QED) is 0.638. The molecule has 0 saturated carbocycles. The van der Waals surface area contributed by atoms with Gasteiger partial charge >= 0.3 is 0 Å². The highest BCUT2D eigenvalue weighted by Crippen LogP contribution is 2.26. The summed E-state index contributed by atoms with van der Waals surface area (Å²) < 4.78 is 28.8. The van der Waals surface area contributed by atoms with Crippen molar-refractivity contribution in [2.45, 2.75) is 17.9 Å². The highest BCUT2D eigenvalue weighted by Gasteiger charge is 2.18. The summed E-state index contributed by atoms with van der Waals surface area (Å²) in [5.74, 6) is 0.0461. The van der Waals surface area contributed by atoms with Crippen LogP contribution in [0.5, 0.6) is 5.75 Å². The van der Waals surface area contributed by atoms with Crippen molar-refractivity contribution in [3.63, 3.8) is 0 Å². The highest BCUT2D eigenvalue weighted by molar-refractivity contribution is 7.90. The van der Waals surface area contributed by atoms with Crippen LogP contribution in [-0.2, 0) is 14.6 Å². The van der Waals surface area contributed by atoms with Gasteiger partial charge in [-0.15, -0.1) is 11.3 Å². The minimum Gasteiger partial charge on any atom is -0.484 e. The number of rotatable bonds is 7. The summed E-state index contributed by atoms with van der Waals surface area (Å²) in [5.41, 5.74) is 2.13. The van der Waals surface area contributed by atoms with Crippen molar-refractivity contribution in [2.75, 3.05) is 12.9 Å². The second-order valence-corrected chi connectivity index (χ2v) is 9.46. The van der Waals surface area contributed by atoms with Crippen LogP contribution < -0.4 is 10.1 Å². The molecule has 7 heteroatoms. The molecule has 146 valence electrons. The number of amides is 1. The van der Waals surface area contributed by atoms with E-state index < -0.39 is 9.84 Å². The molecule has 1 unspecified atom stereocenters. The Kier molecular flexibility index (Phi) is 6.16. The van der Waals surface area contributed by atoms with Gasteiger partial charge in [-0.1, -0.05) is 42.0 Å². The number of ether oxygens (including phenoxy) is 1. The largest absolute Gasteiger partial charge is 0.484 e. The van der Waals surface area contributed by atoms with Gasteiger partial charge in [0.05, 0.1) is 10.9 Å². The average molecular weight is 416 g/mol. The van der Waals surface area contributed by atoms with Gasteiger partial charge in [-0.05, 0) is 42.1 Å². The molecule has 0 aliphatic heterocycles. The van der Waals surface area contributed by atoms with Gasteiger partial charge < -0.3 is 10.1 Å². The lowest BCUT2D eigenvalue weighted by Gasteiger charge is -2.18. The number of hydrogen-bond donors (Lipinski definition) is 1. The van der Waals surface area contributed by atoms with Crippen LogP contribution in [-0.4, -0.2) is 27.2 Å². The van der Waals surface area contributed by atoms with Gasteiger partial charge in [-0.3, -0.25) is 4.79 Å². The summed E-state index contributed by atoms with van der Waals surface area (Å²) >= 11 is 1.57. The molecule has 0 aliphatic carbocycles. The van der Waals surface area contributed by atoms with E-state index in [-0.39, 0.29) is 23.5 Å². The first-order valence-corrected chi connectivity index (χ1v) is 11.4. The zero-order valence-corrected chi connectivity index (χ0v) is 17.2. The molecule has 0 aliphatic rings. The van der Waals surface area contributed by atoms with Crippen LogP contribution in [0, 0.1) is 6.92 Å². The van der Waals surface area contributed by atoms with Crippen molar-refractivity contribution < 1.29 is 17.9 Å². The van der Waals surface area contributed by atoms with Gasteiger partial charge in [-0.2, -0.15) is 0 Å². The molecule has 0 radical (unpaired) electrons. The van der Waals surface area contributed by atoms with Crippen molar-refractivity contribution in [3.05, 3.63) is 82.0 Å². The number of carbonyl (C=O) groups is 1. The van der Waals surface area contributed by atoms with Crippen LogP contribution in [0.4, 0.5) is 0 Å². The van der Waals surface area contributed by atoms with Gasteiger partial charge in [0.1, 0.15) is 5.75 Å². The van der Waals surface area contributed by atoms with E-state index in [0.717, 1.165) is 22.3 Å². The SMILES string of the molecule is Cc1ccc(C(NC(=O)COc2cccc(S(C)(=O)=O)c2)c2cccs2)cc1. The van der Waals surface area contributed by atoms with Gasteiger partial charge in [0.25, 0.3) is 5.91 Å². The first-order valence-electron chi connectivity index (χ1n) is 8.65. The molecule has 0 saturated heterocycles. The first-order chi connectivity index (χ1) is 13.3. The fourth-order valence-corrected chi connectivity index (χ4v) is 4.14. The Morgan fingerprint density at radius 1 is 1.11 bits per heavy atom. The maximum absolute atomic E-state index is 12.5. The molecule has 1 atom stereocenters. The molecular formula is C21H21NO4S2. The van der Waals surface area contributed by atoms with E-state index in [2.05, 4.69) is 5.32 Å². The fourth-order valence-electron chi connectivity index (χ4n) is 2.68. The van der Waals surface area contributed by atoms with Gasteiger partial charge in [0.2, 0.25) is 0 Å². The number of benzene rings is 2. The standard InChI is InChI=1S/C21H21NO4S2/c1-15-8-10-16(11-9-15)21(19-7-4-12-27-19)22-20(23)14-26-17-5-3-6-18(13-17)28(2,24)25/h3-13,21H,14H2,1-2H3,(H,22,23). The third-order valence-corrected chi connectivity index (χ3v) is 6.19. The van der Waals surface area contributed by atoms with Crippen LogP contribution in [0.3, 0.4) is 0 Å². The van der Waals surface area contributed by atoms with E-state index in [1.807, 2.05) is 48.7 Å². The fraction of sp³-hybridized carbons (Fsp3) is 0.190. The molecule has 5 nitrogen and oxygen atoms in total. The Morgan fingerprint density at radius 3 is 2.50 bits per heavy atom.